The minimum atomic E-state index is 0.187. The summed E-state index contributed by atoms with van der Waals surface area (Å²) in [7, 11) is 0. The van der Waals surface area contributed by atoms with E-state index in [2.05, 4.69) is 27.0 Å². The van der Waals surface area contributed by atoms with Gasteiger partial charge in [0.05, 0.1) is 12.9 Å². The molecule has 25 heavy (non-hydrogen) atoms. The van der Waals surface area contributed by atoms with Crippen LogP contribution in [0.5, 0.6) is 0 Å². The van der Waals surface area contributed by atoms with E-state index in [-0.39, 0.29) is 12.0 Å². The molecule has 7 nitrogen and oxygen atoms in total. The lowest BCUT2D eigenvalue weighted by Crippen LogP contribution is -2.18. The van der Waals surface area contributed by atoms with Crippen LogP contribution in [0.15, 0.2) is 56.0 Å². The molecule has 0 atom stereocenters. The van der Waals surface area contributed by atoms with E-state index >= 15 is 0 Å². The first kappa shape index (κ1) is 18.1. The third kappa shape index (κ3) is 5.42. The van der Waals surface area contributed by atoms with Gasteiger partial charge in [0.2, 0.25) is 5.96 Å². The molecule has 7 heteroatoms. The molecule has 0 radical (unpaired) electrons. The predicted octanol–water partition coefficient (Wildman–Crippen LogP) is 3.65. The molecule has 0 aliphatic heterocycles. The molecule has 0 fully saturated rings. The smallest absolute Gasteiger partial charge is 0.297 e. The van der Waals surface area contributed by atoms with Crippen molar-refractivity contribution in [1.29, 1.82) is 5.41 Å². The molecule has 0 saturated heterocycles. The maximum Gasteiger partial charge on any atom is 0.297 e. The van der Waals surface area contributed by atoms with Crippen LogP contribution in [0.4, 0.5) is 5.69 Å². The Hall–Kier alpha value is -3.22. The van der Waals surface area contributed by atoms with Gasteiger partial charge in [-0.15, -0.1) is 0 Å². The highest BCUT2D eigenvalue weighted by Crippen LogP contribution is 2.14. The summed E-state index contributed by atoms with van der Waals surface area (Å²) in [6.07, 6.45) is 2.89. The van der Waals surface area contributed by atoms with Gasteiger partial charge in [0.25, 0.3) is 6.02 Å². The highest BCUT2D eigenvalue weighted by molar-refractivity contribution is 6.00. The van der Waals surface area contributed by atoms with E-state index in [1.54, 1.807) is 12.3 Å². The van der Waals surface area contributed by atoms with E-state index in [4.69, 9.17) is 14.6 Å². The van der Waals surface area contributed by atoms with E-state index in [1.165, 1.54) is 6.21 Å². The summed E-state index contributed by atoms with van der Waals surface area (Å²) in [5, 5.41) is 10.5. The fourth-order valence-corrected chi connectivity index (χ4v) is 1.99. The number of guanidine groups is 1. The van der Waals surface area contributed by atoms with Crippen molar-refractivity contribution < 1.29 is 9.15 Å². The lowest BCUT2D eigenvalue weighted by molar-refractivity contribution is 0.327. The second-order valence-electron chi connectivity index (χ2n) is 5.04. The quantitative estimate of drug-likeness (QED) is 0.643. The number of nitrogens with zero attached hydrogens (tertiary/aromatic N) is 3. The van der Waals surface area contributed by atoms with Crippen LogP contribution in [-0.4, -0.2) is 31.5 Å². The van der Waals surface area contributed by atoms with Crippen molar-refractivity contribution >= 4 is 30.6 Å². The number of ether oxygens (including phenoxy) is 1. The van der Waals surface area contributed by atoms with Crippen molar-refractivity contribution in [2.24, 2.45) is 15.0 Å². The highest BCUT2D eigenvalue weighted by atomic mass is 16.5. The highest BCUT2D eigenvalue weighted by Gasteiger charge is 2.05. The second kappa shape index (κ2) is 9.17. The van der Waals surface area contributed by atoms with Gasteiger partial charge in [-0.2, -0.15) is 4.99 Å². The van der Waals surface area contributed by atoms with Gasteiger partial charge in [0, 0.05) is 11.9 Å². The zero-order chi connectivity index (χ0) is 18.1. The molecule has 2 aromatic rings. The number of benzene rings is 1. The molecule has 1 aromatic carbocycles. The monoisotopic (exact) mass is 339 g/mol. The fraction of sp³-hybridized carbons (Fsp3) is 0.222. The van der Waals surface area contributed by atoms with Gasteiger partial charge in [0.1, 0.15) is 12.3 Å². The molecule has 130 valence electrons. The molecule has 0 aliphatic rings. The van der Waals surface area contributed by atoms with Crippen LogP contribution in [0, 0.1) is 12.3 Å². The summed E-state index contributed by atoms with van der Waals surface area (Å²) in [6, 6.07) is 9.52. The lowest BCUT2D eigenvalue weighted by atomic mass is 10.1. The zero-order valence-corrected chi connectivity index (χ0v) is 14.3. The molecule has 1 aromatic heterocycles. The predicted molar refractivity (Wildman–Crippen MR) is 101 cm³/mol. The lowest BCUT2D eigenvalue weighted by Gasteiger charge is -2.11. The minimum absolute atomic E-state index is 0.187. The Morgan fingerprint density at radius 2 is 2.24 bits per heavy atom. The van der Waals surface area contributed by atoms with E-state index in [0.717, 1.165) is 16.8 Å². The van der Waals surface area contributed by atoms with Gasteiger partial charge in [-0.1, -0.05) is 6.07 Å². The van der Waals surface area contributed by atoms with Crippen molar-refractivity contribution in [2.75, 3.05) is 11.9 Å². The normalized spacial score (nSPS) is 11.9. The first-order chi connectivity index (χ1) is 12.2. The SMILES string of the molecule is C=NC(=NCc1ccco1)/N=C(\Nc1ccc(C)c(C=N)c1)OCC. The molecular weight excluding hydrogens is 318 g/mol. The van der Waals surface area contributed by atoms with Crippen LogP contribution in [0.25, 0.3) is 0 Å². The fourth-order valence-electron chi connectivity index (χ4n) is 1.99. The van der Waals surface area contributed by atoms with Crippen molar-refractivity contribution in [3.8, 4) is 0 Å². The zero-order valence-electron chi connectivity index (χ0n) is 14.3. The Bertz CT molecular complexity index is 779. The topological polar surface area (TPSA) is 95.3 Å². The average Bonchev–Trinajstić information content (AvgIpc) is 3.13. The first-order valence-corrected chi connectivity index (χ1v) is 7.79. The van der Waals surface area contributed by atoms with Crippen molar-refractivity contribution in [3.05, 3.63) is 53.5 Å². The number of aryl methyl sites for hydroxylation is 1. The van der Waals surface area contributed by atoms with Gasteiger partial charge >= 0.3 is 0 Å². The van der Waals surface area contributed by atoms with E-state index in [0.29, 0.717) is 18.9 Å². The van der Waals surface area contributed by atoms with Crippen LogP contribution in [0.1, 0.15) is 23.8 Å². The van der Waals surface area contributed by atoms with Crippen LogP contribution in [0.2, 0.25) is 0 Å². The Kier molecular flexibility index (Phi) is 6.65. The van der Waals surface area contributed by atoms with Crippen LogP contribution in [-0.2, 0) is 11.3 Å². The van der Waals surface area contributed by atoms with Crippen molar-refractivity contribution in [2.45, 2.75) is 20.4 Å². The molecule has 0 bridgehead atoms. The Balaban J connectivity index is 2.19. The molecular formula is C18H21N5O2. The maximum absolute atomic E-state index is 7.45. The number of hydrogen-bond donors (Lipinski definition) is 2. The Labute approximate surface area is 146 Å². The molecule has 0 unspecified atom stereocenters. The third-order valence-corrected chi connectivity index (χ3v) is 3.27. The Morgan fingerprint density at radius 3 is 2.88 bits per heavy atom. The minimum Gasteiger partial charge on any atom is -0.467 e. The number of furan rings is 1. The third-order valence-electron chi connectivity index (χ3n) is 3.27. The molecule has 0 spiro atoms. The number of nitrogens with one attached hydrogen (secondary N) is 2. The van der Waals surface area contributed by atoms with Crippen molar-refractivity contribution in [3.63, 3.8) is 0 Å². The first-order valence-electron chi connectivity index (χ1n) is 7.79. The average molecular weight is 339 g/mol. The van der Waals surface area contributed by atoms with Gasteiger partial charge in [-0.05, 0) is 56.0 Å². The van der Waals surface area contributed by atoms with Crippen LogP contribution < -0.4 is 5.32 Å². The molecule has 0 aliphatic carbocycles. The van der Waals surface area contributed by atoms with Crippen molar-refractivity contribution in [1.82, 2.24) is 0 Å². The molecule has 0 saturated carbocycles. The Morgan fingerprint density at radius 1 is 1.40 bits per heavy atom. The maximum atomic E-state index is 7.45. The summed E-state index contributed by atoms with van der Waals surface area (Å²) in [6.45, 7) is 8.03. The molecule has 2 N–H and O–H groups in total. The standard InChI is InChI=1S/C18H21N5O2/c1-4-24-18(22-15-8-7-13(2)14(10-15)11-19)23-17(20-3)21-12-16-6-5-9-25-16/h5-11,19H,3-4,12H2,1-2H3,(H,21,22,23). The van der Waals surface area contributed by atoms with Crippen LogP contribution >= 0.6 is 0 Å². The van der Waals surface area contributed by atoms with Gasteiger partial charge in [0.15, 0.2) is 0 Å². The van der Waals surface area contributed by atoms with Crippen LogP contribution in [0.3, 0.4) is 0 Å². The molecule has 2 rings (SSSR count). The number of rotatable bonds is 5. The second-order valence-corrected chi connectivity index (χ2v) is 5.04. The van der Waals surface area contributed by atoms with Gasteiger partial charge < -0.3 is 19.9 Å². The largest absolute Gasteiger partial charge is 0.467 e. The summed E-state index contributed by atoms with van der Waals surface area (Å²) < 4.78 is 10.7. The van der Waals surface area contributed by atoms with Gasteiger partial charge in [-0.3, -0.25) is 0 Å². The van der Waals surface area contributed by atoms with Gasteiger partial charge in [-0.25, -0.2) is 9.98 Å². The number of aliphatic imine (C=N–C) groups is 3. The van der Waals surface area contributed by atoms with E-state index < -0.39 is 0 Å². The molecule has 1 heterocycles. The summed E-state index contributed by atoms with van der Waals surface area (Å²) in [4.78, 5) is 12.3. The molecule has 0 amide bonds. The summed E-state index contributed by atoms with van der Waals surface area (Å²) in [5.41, 5.74) is 2.59. The number of anilines is 1. The summed E-state index contributed by atoms with van der Waals surface area (Å²) >= 11 is 0. The number of amidine groups is 1. The van der Waals surface area contributed by atoms with E-state index in [9.17, 15) is 0 Å². The number of hydrogen-bond acceptors (Lipinski definition) is 4. The summed E-state index contributed by atoms with van der Waals surface area (Å²) in [5.74, 6) is 0.892. The van der Waals surface area contributed by atoms with E-state index in [1.807, 2.05) is 38.1 Å².